The molecule has 0 radical (unpaired) electrons. The molecule has 1 atom stereocenters. The Bertz CT molecular complexity index is 1880. The van der Waals surface area contributed by atoms with E-state index >= 15 is 0 Å². The van der Waals surface area contributed by atoms with Gasteiger partial charge in [-0.05, 0) is 59.0 Å². The minimum atomic E-state index is -4.52. The number of rotatable bonds is 9. The Kier molecular flexibility index (Phi) is 9.75. The number of carbonyl (C=O) groups excluding carboxylic acids is 2. The minimum absolute atomic E-state index is 0.125. The molecule has 2 amide bonds. The minimum Gasteiger partial charge on any atom is -0.336 e. The van der Waals surface area contributed by atoms with Crippen molar-refractivity contribution < 1.29 is 22.8 Å². The van der Waals surface area contributed by atoms with Crippen LogP contribution < -0.4 is 0 Å². The number of halogens is 3. The van der Waals surface area contributed by atoms with Crippen LogP contribution >= 0.6 is 0 Å². The van der Waals surface area contributed by atoms with Gasteiger partial charge in [0.25, 0.3) is 0 Å². The van der Waals surface area contributed by atoms with Gasteiger partial charge < -0.3 is 9.80 Å². The second-order valence-electron chi connectivity index (χ2n) is 11.7. The topological polar surface area (TPSA) is 66.4 Å². The number of nitrogens with zero attached hydrogens (tertiary/aromatic N) is 4. The van der Waals surface area contributed by atoms with Gasteiger partial charge in [-0.25, -0.2) is 0 Å². The molecule has 0 saturated carbocycles. The van der Waals surface area contributed by atoms with E-state index in [4.69, 9.17) is 0 Å². The lowest BCUT2D eigenvalue weighted by atomic mass is 9.97. The van der Waals surface area contributed by atoms with Crippen molar-refractivity contribution in [1.82, 2.24) is 19.8 Å². The van der Waals surface area contributed by atoms with Gasteiger partial charge in [-0.15, -0.1) is 0 Å². The molecule has 48 heavy (non-hydrogen) atoms. The fourth-order valence-electron chi connectivity index (χ4n) is 5.84. The number of alkyl halides is 3. The Hall–Kier alpha value is -5.57. The Labute approximate surface area is 277 Å². The maximum atomic E-state index is 14.5. The lowest BCUT2D eigenvalue weighted by molar-refractivity contribution is -0.144. The van der Waals surface area contributed by atoms with Crippen LogP contribution in [0.25, 0.3) is 17.3 Å². The van der Waals surface area contributed by atoms with Crippen LogP contribution in [0.1, 0.15) is 33.5 Å². The molecule has 1 aliphatic heterocycles. The van der Waals surface area contributed by atoms with Crippen LogP contribution in [0, 0.1) is 0 Å². The van der Waals surface area contributed by atoms with Gasteiger partial charge in [0, 0.05) is 50.1 Å². The SMILES string of the molecule is O=C([C@H](Cc1ccccc1)N(Cc1ccc(-c2ccccn2)cc1)C(=O)/C=C/c1ccc(C(F)(F)F)cn1)N1CCc2ccccc2C1. The van der Waals surface area contributed by atoms with Crippen LogP contribution in [0.3, 0.4) is 0 Å². The van der Waals surface area contributed by atoms with Crippen molar-refractivity contribution in [2.24, 2.45) is 0 Å². The van der Waals surface area contributed by atoms with E-state index in [1.54, 1.807) is 11.1 Å². The van der Waals surface area contributed by atoms with Crippen LogP contribution in [-0.4, -0.2) is 44.2 Å². The van der Waals surface area contributed by atoms with E-state index < -0.39 is 23.7 Å². The highest BCUT2D eigenvalue weighted by molar-refractivity contribution is 5.95. The molecular weight excluding hydrogens is 613 g/mol. The molecule has 0 unspecified atom stereocenters. The molecular formula is C39H33F3N4O2. The van der Waals surface area contributed by atoms with Crippen molar-refractivity contribution in [2.45, 2.75) is 38.1 Å². The Morgan fingerprint density at radius 2 is 1.54 bits per heavy atom. The first-order valence-corrected chi connectivity index (χ1v) is 15.7. The third-order valence-electron chi connectivity index (χ3n) is 8.44. The smallest absolute Gasteiger partial charge is 0.336 e. The van der Waals surface area contributed by atoms with E-state index in [0.29, 0.717) is 19.5 Å². The number of carbonyl (C=O) groups is 2. The van der Waals surface area contributed by atoms with Crippen LogP contribution in [0.2, 0.25) is 0 Å². The number of amides is 2. The maximum absolute atomic E-state index is 14.5. The van der Waals surface area contributed by atoms with Gasteiger partial charge in [-0.1, -0.05) is 84.9 Å². The molecule has 9 heteroatoms. The molecule has 2 aromatic heterocycles. The average Bonchev–Trinajstić information content (AvgIpc) is 3.12. The van der Waals surface area contributed by atoms with Crippen LogP contribution in [0.15, 0.2) is 128 Å². The zero-order valence-corrected chi connectivity index (χ0v) is 26.1. The number of hydrogen-bond acceptors (Lipinski definition) is 4. The van der Waals surface area contributed by atoms with Crippen molar-refractivity contribution in [3.05, 3.63) is 161 Å². The Balaban J connectivity index is 1.34. The lowest BCUT2D eigenvalue weighted by Gasteiger charge is -2.37. The lowest BCUT2D eigenvalue weighted by Crippen LogP contribution is -2.52. The second-order valence-corrected chi connectivity index (χ2v) is 11.7. The summed E-state index contributed by atoms with van der Waals surface area (Å²) in [5, 5.41) is 0. The number of aromatic nitrogens is 2. The van der Waals surface area contributed by atoms with Gasteiger partial charge >= 0.3 is 6.18 Å². The van der Waals surface area contributed by atoms with Gasteiger partial charge in [0.1, 0.15) is 6.04 Å². The molecule has 6 rings (SSSR count). The Morgan fingerprint density at radius 1 is 0.812 bits per heavy atom. The van der Waals surface area contributed by atoms with Gasteiger partial charge in [0.15, 0.2) is 0 Å². The Morgan fingerprint density at radius 3 is 2.23 bits per heavy atom. The molecule has 3 heterocycles. The van der Waals surface area contributed by atoms with Gasteiger partial charge in [-0.2, -0.15) is 13.2 Å². The summed E-state index contributed by atoms with van der Waals surface area (Å²) in [4.78, 5) is 40.2. The zero-order valence-electron chi connectivity index (χ0n) is 26.1. The molecule has 0 N–H and O–H groups in total. The first kappa shape index (κ1) is 32.4. The molecule has 1 aliphatic rings. The van der Waals surface area contributed by atoms with Gasteiger partial charge in [0.05, 0.1) is 17.0 Å². The first-order chi connectivity index (χ1) is 23.2. The van der Waals surface area contributed by atoms with Crippen molar-refractivity contribution in [2.75, 3.05) is 6.54 Å². The van der Waals surface area contributed by atoms with Crippen molar-refractivity contribution >= 4 is 17.9 Å². The van der Waals surface area contributed by atoms with Gasteiger partial charge in [0.2, 0.25) is 11.8 Å². The monoisotopic (exact) mass is 646 g/mol. The molecule has 0 saturated heterocycles. The first-order valence-electron chi connectivity index (χ1n) is 15.7. The van der Waals surface area contributed by atoms with E-state index in [1.807, 2.05) is 95.9 Å². The summed E-state index contributed by atoms with van der Waals surface area (Å²) < 4.78 is 39.3. The summed E-state index contributed by atoms with van der Waals surface area (Å²) in [6.45, 7) is 1.08. The summed E-state index contributed by atoms with van der Waals surface area (Å²) in [6.07, 6.45) is 1.58. The molecule has 0 bridgehead atoms. The molecule has 0 aliphatic carbocycles. The summed E-state index contributed by atoms with van der Waals surface area (Å²) >= 11 is 0. The number of fused-ring (bicyclic) bond motifs is 1. The normalized spacial score (nSPS) is 13.6. The number of pyridine rings is 2. The molecule has 6 nitrogen and oxygen atoms in total. The largest absolute Gasteiger partial charge is 0.417 e. The molecule has 242 valence electrons. The second kappa shape index (κ2) is 14.5. The van der Waals surface area contributed by atoms with Crippen molar-refractivity contribution in [1.29, 1.82) is 0 Å². The summed E-state index contributed by atoms with van der Waals surface area (Å²) in [5.74, 6) is -0.634. The third-order valence-corrected chi connectivity index (χ3v) is 8.44. The van der Waals surface area contributed by atoms with Crippen LogP contribution in [0.5, 0.6) is 0 Å². The van der Waals surface area contributed by atoms with E-state index in [2.05, 4.69) is 16.0 Å². The highest BCUT2D eigenvalue weighted by Gasteiger charge is 2.34. The molecule has 0 fully saturated rings. The summed E-state index contributed by atoms with van der Waals surface area (Å²) in [5.41, 5.74) is 5.01. The fourth-order valence-corrected chi connectivity index (χ4v) is 5.84. The fraction of sp³-hybridized carbons (Fsp3) is 0.179. The highest BCUT2D eigenvalue weighted by Crippen LogP contribution is 2.29. The van der Waals surface area contributed by atoms with Crippen molar-refractivity contribution in [3.8, 4) is 11.3 Å². The molecule has 0 spiro atoms. The van der Waals surface area contributed by atoms with Crippen molar-refractivity contribution in [3.63, 3.8) is 0 Å². The zero-order chi connectivity index (χ0) is 33.5. The van der Waals surface area contributed by atoms with E-state index in [1.165, 1.54) is 23.8 Å². The highest BCUT2D eigenvalue weighted by atomic mass is 19.4. The average molecular weight is 647 g/mol. The summed E-state index contributed by atoms with van der Waals surface area (Å²) in [7, 11) is 0. The quantitative estimate of drug-likeness (QED) is 0.157. The van der Waals surface area contributed by atoms with E-state index in [9.17, 15) is 22.8 Å². The third kappa shape index (κ3) is 7.86. The number of hydrogen-bond donors (Lipinski definition) is 0. The van der Waals surface area contributed by atoms with E-state index in [0.717, 1.165) is 40.2 Å². The van der Waals surface area contributed by atoms with Crippen LogP contribution in [-0.2, 0) is 41.7 Å². The predicted octanol–water partition coefficient (Wildman–Crippen LogP) is 7.40. The molecule has 3 aromatic carbocycles. The predicted molar refractivity (Wildman–Crippen MR) is 178 cm³/mol. The van der Waals surface area contributed by atoms with Gasteiger partial charge in [-0.3, -0.25) is 19.6 Å². The number of benzene rings is 3. The maximum Gasteiger partial charge on any atom is 0.417 e. The van der Waals surface area contributed by atoms with Crippen LogP contribution in [0.4, 0.5) is 13.2 Å². The summed E-state index contributed by atoms with van der Waals surface area (Å²) in [6, 6.07) is 32.2. The standard InChI is InChI=1S/C39H33F3N4O2/c40-39(41,42)33-17-18-34(44-25-33)19-20-37(47)46(26-29-13-15-31(16-14-29)35-12-6-7-22-43-35)36(24-28-8-2-1-3-9-28)38(48)45-23-21-30-10-4-5-11-32(30)27-45/h1-20,22,25,36H,21,23-24,26-27H2/b20-19+/t36-/m0/s1. The van der Waals surface area contributed by atoms with E-state index in [-0.39, 0.29) is 24.6 Å². The molecule has 5 aromatic rings.